The molecule has 0 aliphatic heterocycles. The summed E-state index contributed by atoms with van der Waals surface area (Å²) < 4.78 is 4.55. The lowest BCUT2D eigenvalue weighted by molar-refractivity contribution is -0.136. The fourth-order valence-corrected chi connectivity index (χ4v) is 1.16. The first-order valence-electron chi connectivity index (χ1n) is 4.44. The summed E-state index contributed by atoms with van der Waals surface area (Å²) in [4.78, 5) is 22.4. The molecule has 84 valence electrons. The van der Waals surface area contributed by atoms with Gasteiger partial charge < -0.3 is 15.6 Å². The highest BCUT2D eigenvalue weighted by atomic mass is 16.5. The number of carbonyl (C=O) groups excluding carboxylic acids is 1. The minimum absolute atomic E-state index is 0.316. The number of hydrogen-bond acceptors (Lipinski definition) is 4. The Bertz CT molecular complexity index is 437. The molecule has 0 radical (unpaired) electrons. The zero-order valence-corrected chi connectivity index (χ0v) is 8.64. The van der Waals surface area contributed by atoms with Crippen LogP contribution in [-0.4, -0.2) is 24.0 Å². The number of aliphatic carboxylic acids is 1. The summed E-state index contributed by atoms with van der Waals surface area (Å²) in [6, 6.07) is 8.15. The highest BCUT2D eigenvalue weighted by Gasteiger charge is 2.19. The van der Waals surface area contributed by atoms with Crippen LogP contribution in [-0.2, 0) is 9.53 Å². The molecule has 0 unspecified atom stereocenters. The highest BCUT2D eigenvalue weighted by Crippen LogP contribution is 2.09. The van der Waals surface area contributed by atoms with Gasteiger partial charge in [0.15, 0.2) is 0 Å². The number of benzene rings is 1. The maximum atomic E-state index is 11.7. The third kappa shape index (κ3) is 2.38. The summed E-state index contributed by atoms with van der Waals surface area (Å²) in [5.41, 5.74) is 5.33. The van der Waals surface area contributed by atoms with Crippen LogP contribution >= 0.6 is 0 Å². The molecule has 1 rings (SSSR count). The molecular weight excluding hydrogens is 210 g/mol. The zero-order chi connectivity index (χ0) is 12.1. The van der Waals surface area contributed by atoms with Crippen LogP contribution in [0.5, 0.6) is 0 Å². The van der Waals surface area contributed by atoms with Crippen molar-refractivity contribution in [2.24, 2.45) is 5.73 Å². The number of allylic oxidation sites excluding steroid dienone is 1. The van der Waals surface area contributed by atoms with E-state index in [0.29, 0.717) is 5.56 Å². The maximum Gasteiger partial charge on any atom is 0.373 e. The number of ketones is 1. The molecule has 0 aromatic heterocycles. The van der Waals surface area contributed by atoms with Crippen molar-refractivity contribution in [2.45, 2.75) is 0 Å². The van der Waals surface area contributed by atoms with E-state index < -0.39 is 23.2 Å². The molecule has 5 nitrogen and oxygen atoms in total. The monoisotopic (exact) mass is 221 g/mol. The number of carbonyl (C=O) groups is 2. The van der Waals surface area contributed by atoms with E-state index in [1.807, 2.05) is 0 Å². The fraction of sp³-hybridized carbons (Fsp3) is 0.0909. The van der Waals surface area contributed by atoms with Crippen LogP contribution in [0.1, 0.15) is 10.4 Å². The smallest absolute Gasteiger partial charge is 0.373 e. The van der Waals surface area contributed by atoms with Gasteiger partial charge in [0.25, 0.3) is 0 Å². The van der Waals surface area contributed by atoms with Crippen LogP contribution in [0.25, 0.3) is 0 Å². The molecule has 3 N–H and O–H groups in total. The van der Waals surface area contributed by atoms with E-state index in [4.69, 9.17) is 10.8 Å². The number of nitrogens with two attached hydrogens (primary N) is 1. The van der Waals surface area contributed by atoms with Crippen molar-refractivity contribution < 1.29 is 19.4 Å². The summed E-state index contributed by atoms with van der Waals surface area (Å²) in [6.45, 7) is 0. The van der Waals surface area contributed by atoms with Crippen molar-refractivity contribution in [1.29, 1.82) is 0 Å². The van der Waals surface area contributed by atoms with Crippen molar-refractivity contribution in [3.8, 4) is 0 Å². The first-order valence-corrected chi connectivity index (χ1v) is 4.44. The van der Waals surface area contributed by atoms with Crippen molar-refractivity contribution in [3.63, 3.8) is 0 Å². The summed E-state index contributed by atoms with van der Waals surface area (Å²) in [5.74, 6) is -2.49. The lowest BCUT2D eigenvalue weighted by atomic mass is 10.1. The molecule has 0 fully saturated rings. The van der Waals surface area contributed by atoms with Gasteiger partial charge >= 0.3 is 5.97 Å². The highest BCUT2D eigenvalue weighted by molar-refractivity contribution is 6.11. The second-order valence-corrected chi connectivity index (χ2v) is 2.95. The molecule has 0 spiro atoms. The van der Waals surface area contributed by atoms with Crippen molar-refractivity contribution in [2.75, 3.05) is 7.11 Å². The first-order chi connectivity index (χ1) is 7.57. The molecule has 0 heterocycles. The van der Waals surface area contributed by atoms with Crippen molar-refractivity contribution in [3.05, 3.63) is 47.4 Å². The molecule has 0 saturated heterocycles. The van der Waals surface area contributed by atoms with E-state index in [1.54, 1.807) is 30.3 Å². The predicted molar refractivity (Wildman–Crippen MR) is 56.6 cm³/mol. The Labute approximate surface area is 92.1 Å². The van der Waals surface area contributed by atoms with Crippen LogP contribution in [0.4, 0.5) is 0 Å². The minimum atomic E-state index is -1.37. The molecule has 0 atom stereocenters. The second kappa shape index (κ2) is 4.97. The van der Waals surface area contributed by atoms with Gasteiger partial charge in [-0.05, 0) is 0 Å². The zero-order valence-electron chi connectivity index (χ0n) is 8.64. The Hall–Kier alpha value is -2.30. The van der Waals surface area contributed by atoms with E-state index in [0.717, 1.165) is 7.11 Å². The average Bonchev–Trinajstić information content (AvgIpc) is 2.29. The maximum absolute atomic E-state index is 11.7. The topological polar surface area (TPSA) is 89.6 Å². The second-order valence-electron chi connectivity index (χ2n) is 2.95. The van der Waals surface area contributed by atoms with Crippen LogP contribution in [0.3, 0.4) is 0 Å². The standard InChI is InChI=1S/C11H11NO4/c1-16-10(11(14)15)8(12)9(13)7-5-3-2-4-6-7/h2-6H,12H2,1H3,(H,14,15)/b10-8+. The molecule has 1 aromatic carbocycles. The Morgan fingerprint density at radius 1 is 1.25 bits per heavy atom. The van der Waals surface area contributed by atoms with Crippen LogP contribution < -0.4 is 5.73 Å². The largest absolute Gasteiger partial charge is 0.488 e. The Balaban J connectivity index is 3.11. The van der Waals surface area contributed by atoms with Gasteiger partial charge in [0.05, 0.1) is 7.11 Å². The number of carboxylic acids is 1. The van der Waals surface area contributed by atoms with E-state index in [1.165, 1.54) is 0 Å². The number of carboxylic acid groups (broad SMARTS) is 1. The van der Waals surface area contributed by atoms with Crippen molar-refractivity contribution in [1.82, 2.24) is 0 Å². The summed E-state index contributed by atoms with van der Waals surface area (Å²) in [6.07, 6.45) is 0. The van der Waals surface area contributed by atoms with Crippen LogP contribution in [0, 0.1) is 0 Å². The van der Waals surface area contributed by atoms with Gasteiger partial charge in [-0.15, -0.1) is 0 Å². The molecule has 0 amide bonds. The molecule has 0 saturated carbocycles. The molecule has 16 heavy (non-hydrogen) atoms. The molecule has 0 aliphatic rings. The lowest BCUT2D eigenvalue weighted by Gasteiger charge is -2.05. The quantitative estimate of drug-likeness (QED) is 0.445. The van der Waals surface area contributed by atoms with Gasteiger partial charge in [-0.2, -0.15) is 0 Å². The van der Waals surface area contributed by atoms with Gasteiger partial charge in [-0.25, -0.2) is 4.79 Å². The van der Waals surface area contributed by atoms with E-state index in [2.05, 4.69) is 4.74 Å². The van der Waals surface area contributed by atoms with Gasteiger partial charge in [0.1, 0.15) is 5.70 Å². The number of ether oxygens (including phenoxy) is 1. The summed E-state index contributed by atoms with van der Waals surface area (Å²) in [7, 11) is 1.15. The van der Waals surface area contributed by atoms with Crippen LogP contribution in [0.15, 0.2) is 41.8 Å². The predicted octanol–water partition coefficient (Wildman–Crippen LogP) is 0.771. The molecule has 5 heteroatoms. The average molecular weight is 221 g/mol. The first kappa shape index (κ1) is 11.8. The van der Waals surface area contributed by atoms with E-state index in [9.17, 15) is 9.59 Å². The van der Waals surface area contributed by atoms with Crippen LogP contribution in [0.2, 0.25) is 0 Å². The molecule has 0 aliphatic carbocycles. The van der Waals surface area contributed by atoms with E-state index >= 15 is 0 Å². The van der Waals surface area contributed by atoms with Gasteiger partial charge in [-0.3, -0.25) is 4.79 Å². The number of Topliss-reactive ketones (excluding diaryl/α,β-unsaturated/α-hetero) is 1. The van der Waals surface area contributed by atoms with Gasteiger partial charge in [0.2, 0.25) is 11.5 Å². The number of methoxy groups -OCH3 is 1. The fourth-order valence-electron chi connectivity index (χ4n) is 1.16. The Kier molecular flexibility index (Phi) is 3.66. The SMILES string of the molecule is CO/C(C(=O)O)=C(/N)C(=O)c1ccccc1. The van der Waals surface area contributed by atoms with Gasteiger partial charge in [-0.1, -0.05) is 30.3 Å². The number of rotatable bonds is 4. The normalized spacial score (nSPS) is 11.6. The minimum Gasteiger partial charge on any atom is -0.488 e. The van der Waals surface area contributed by atoms with Gasteiger partial charge in [0, 0.05) is 5.56 Å². The Morgan fingerprint density at radius 2 is 1.81 bits per heavy atom. The van der Waals surface area contributed by atoms with E-state index in [-0.39, 0.29) is 0 Å². The van der Waals surface area contributed by atoms with Crippen molar-refractivity contribution >= 4 is 11.8 Å². The molecular formula is C11H11NO4. The summed E-state index contributed by atoms with van der Waals surface area (Å²) in [5, 5.41) is 8.72. The molecule has 0 bridgehead atoms. The summed E-state index contributed by atoms with van der Waals surface area (Å²) >= 11 is 0. The third-order valence-electron chi connectivity index (χ3n) is 1.92. The molecule has 1 aromatic rings. The third-order valence-corrected chi connectivity index (χ3v) is 1.92. The number of hydrogen-bond donors (Lipinski definition) is 2. The lowest BCUT2D eigenvalue weighted by Crippen LogP contribution is -2.19. The Morgan fingerprint density at radius 3 is 2.25 bits per heavy atom.